The van der Waals surface area contributed by atoms with Gasteiger partial charge in [0.2, 0.25) is 0 Å². The monoisotopic (exact) mass is 534 g/mol. The van der Waals surface area contributed by atoms with E-state index < -0.39 is 5.92 Å². The maximum absolute atomic E-state index is 13.9. The second-order valence-electron chi connectivity index (χ2n) is 11.3. The van der Waals surface area contributed by atoms with E-state index in [9.17, 15) is 10.1 Å². The molecule has 6 heteroatoms. The number of benzene rings is 2. The minimum absolute atomic E-state index is 0.0845. The molecule has 2 heterocycles. The number of nitrogens with zero attached hydrogens (tertiary/aromatic N) is 3. The number of thioether (sulfide) groups is 1. The fourth-order valence-electron chi connectivity index (χ4n) is 5.87. The number of Topliss-reactive ketones (excluding diaryl/α,β-unsaturated/α-hetero) is 1. The molecular weight excluding hydrogens is 500 g/mol. The second-order valence-corrected chi connectivity index (χ2v) is 12.3. The fourth-order valence-corrected chi connectivity index (χ4v) is 6.92. The molecule has 3 aromatic rings. The smallest absolute Gasteiger partial charge is 0.162 e. The van der Waals surface area contributed by atoms with Crippen LogP contribution in [0.3, 0.4) is 0 Å². The first kappa shape index (κ1) is 26.8. The van der Waals surface area contributed by atoms with Gasteiger partial charge in [-0.25, -0.2) is 0 Å². The van der Waals surface area contributed by atoms with Crippen LogP contribution in [0, 0.1) is 30.6 Å². The molecular formula is C33H34N4OS. The van der Waals surface area contributed by atoms with Crippen LogP contribution in [0.2, 0.25) is 0 Å². The predicted molar refractivity (Wildman–Crippen MR) is 159 cm³/mol. The molecule has 0 saturated heterocycles. The molecule has 1 aromatic heterocycles. The van der Waals surface area contributed by atoms with Crippen molar-refractivity contribution in [2.45, 2.75) is 58.0 Å². The highest BCUT2D eigenvalue weighted by molar-refractivity contribution is 7.97. The molecule has 1 atom stereocenters. The van der Waals surface area contributed by atoms with Gasteiger partial charge < -0.3 is 5.73 Å². The number of nitrogens with two attached hydrogens (primary N) is 1. The first-order valence-electron chi connectivity index (χ1n) is 13.3. The highest BCUT2D eigenvalue weighted by Gasteiger charge is 2.45. The summed E-state index contributed by atoms with van der Waals surface area (Å²) in [7, 11) is 0. The topological polar surface area (TPSA) is 83.0 Å². The van der Waals surface area contributed by atoms with E-state index in [4.69, 9.17) is 5.73 Å². The summed E-state index contributed by atoms with van der Waals surface area (Å²) in [6.07, 6.45) is 4.56. The van der Waals surface area contributed by atoms with Gasteiger partial charge in [0.15, 0.2) is 5.78 Å². The zero-order valence-corrected chi connectivity index (χ0v) is 23.8. The Kier molecular flexibility index (Phi) is 7.38. The molecule has 198 valence electrons. The Morgan fingerprint density at radius 2 is 1.87 bits per heavy atom. The maximum Gasteiger partial charge on any atom is 0.162 e. The SMILES string of the molecule is Cc1cc(CSCc2ccccc2)c(C)c(C2C(C#N)=C(N)N(c3cccnc3)C3=C2C(=O)CC(C)(C)C3)c1. The van der Waals surface area contributed by atoms with E-state index in [0.29, 0.717) is 29.8 Å². The number of aromatic nitrogens is 1. The quantitative estimate of drug-likeness (QED) is 0.364. The number of hydrogen-bond acceptors (Lipinski definition) is 6. The number of allylic oxidation sites excluding steroid dienone is 3. The van der Waals surface area contributed by atoms with Crippen molar-refractivity contribution in [3.05, 3.63) is 117 Å². The van der Waals surface area contributed by atoms with Crippen molar-refractivity contribution in [2.75, 3.05) is 4.90 Å². The zero-order chi connectivity index (χ0) is 27.7. The predicted octanol–water partition coefficient (Wildman–Crippen LogP) is 7.07. The Hall–Kier alpha value is -3.82. The lowest BCUT2D eigenvalue weighted by Gasteiger charge is -2.44. The van der Waals surface area contributed by atoms with Crippen LogP contribution in [0.4, 0.5) is 5.69 Å². The van der Waals surface area contributed by atoms with E-state index in [1.165, 1.54) is 11.1 Å². The van der Waals surface area contributed by atoms with Crippen LogP contribution in [0.25, 0.3) is 0 Å². The van der Waals surface area contributed by atoms with Gasteiger partial charge in [-0.3, -0.25) is 14.7 Å². The van der Waals surface area contributed by atoms with E-state index >= 15 is 0 Å². The first-order chi connectivity index (χ1) is 18.7. The molecule has 1 unspecified atom stereocenters. The average Bonchev–Trinajstić information content (AvgIpc) is 2.90. The van der Waals surface area contributed by atoms with Gasteiger partial charge in [0.05, 0.1) is 29.4 Å². The van der Waals surface area contributed by atoms with Crippen molar-refractivity contribution in [3.8, 4) is 6.07 Å². The minimum atomic E-state index is -0.487. The molecule has 0 spiro atoms. The van der Waals surface area contributed by atoms with Gasteiger partial charge in [-0.05, 0) is 60.1 Å². The van der Waals surface area contributed by atoms with Crippen molar-refractivity contribution in [3.63, 3.8) is 0 Å². The molecule has 0 radical (unpaired) electrons. The summed E-state index contributed by atoms with van der Waals surface area (Å²) in [5.74, 6) is 1.74. The lowest BCUT2D eigenvalue weighted by atomic mass is 9.68. The minimum Gasteiger partial charge on any atom is -0.384 e. The number of hydrogen-bond donors (Lipinski definition) is 1. The summed E-state index contributed by atoms with van der Waals surface area (Å²) >= 11 is 1.87. The number of nitriles is 1. The molecule has 1 aliphatic carbocycles. The van der Waals surface area contributed by atoms with E-state index in [1.807, 2.05) is 34.9 Å². The van der Waals surface area contributed by atoms with Crippen LogP contribution in [-0.2, 0) is 16.3 Å². The third kappa shape index (κ3) is 5.24. The molecule has 5 nitrogen and oxygen atoms in total. The summed E-state index contributed by atoms with van der Waals surface area (Å²) in [5.41, 5.74) is 15.1. The molecule has 0 fully saturated rings. The van der Waals surface area contributed by atoms with Gasteiger partial charge in [-0.2, -0.15) is 17.0 Å². The van der Waals surface area contributed by atoms with E-state index in [2.05, 4.69) is 75.1 Å². The molecule has 0 amide bonds. The number of pyridine rings is 1. The van der Waals surface area contributed by atoms with Gasteiger partial charge in [0, 0.05) is 35.4 Å². The average molecular weight is 535 g/mol. The molecule has 5 rings (SSSR count). The highest BCUT2D eigenvalue weighted by atomic mass is 32.2. The molecule has 0 saturated carbocycles. The Morgan fingerprint density at radius 1 is 1.10 bits per heavy atom. The van der Waals surface area contributed by atoms with Crippen molar-refractivity contribution < 1.29 is 4.79 Å². The fraction of sp³-hybridized carbons (Fsp3) is 0.303. The van der Waals surface area contributed by atoms with Crippen LogP contribution >= 0.6 is 11.8 Å². The third-order valence-corrected chi connectivity index (χ3v) is 8.72. The number of carbonyl (C=O) groups is 1. The van der Waals surface area contributed by atoms with E-state index in [-0.39, 0.29) is 11.2 Å². The second kappa shape index (κ2) is 10.7. The molecule has 0 bridgehead atoms. The van der Waals surface area contributed by atoms with Gasteiger partial charge in [0.1, 0.15) is 5.82 Å². The van der Waals surface area contributed by atoms with Gasteiger partial charge in [-0.15, -0.1) is 0 Å². The lowest BCUT2D eigenvalue weighted by Crippen LogP contribution is -2.42. The largest absolute Gasteiger partial charge is 0.384 e. The number of ketones is 1. The van der Waals surface area contributed by atoms with Crippen LogP contribution in [0.5, 0.6) is 0 Å². The summed E-state index contributed by atoms with van der Waals surface area (Å²) in [6.45, 7) is 8.43. The van der Waals surface area contributed by atoms with Gasteiger partial charge >= 0.3 is 0 Å². The van der Waals surface area contributed by atoms with Gasteiger partial charge in [0.25, 0.3) is 0 Å². The Balaban J connectivity index is 1.62. The van der Waals surface area contributed by atoms with Crippen LogP contribution in [0.15, 0.2) is 89.7 Å². The summed E-state index contributed by atoms with van der Waals surface area (Å²) in [4.78, 5) is 20.1. The highest BCUT2D eigenvalue weighted by Crippen LogP contribution is 2.51. The molecule has 2 N–H and O–H groups in total. The van der Waals surface area contributed by atoms with Crippen LogP contribution < -0.4 is 10.6 Å². The normalized spacial score (nSPS) is 18.7. The van der Waals surface area contributed by atoms with Gasteiger partial charge in [-0.1, -0.05) is 61.9 Å². The van der Waals surface area contributed by atoms with Crippen LogP contribution in [-0.4, -0.2) is 10.8 Å². The Labute approximate surface area is 235 Å². The van der Waals surface area contributed by atoms with Crippen molar-refractivity contribution in [1.82, 2.24) is 4.98 Å². The van der Waals surface area contributed by atoms with Crippen molar-refractivity contribution >= 4 is 23.2 Å². The summed E-state index contributed by atoms with van der Waals surface area (Å²) in [5, 5.41) is 10.5. The summed E-state index contributed by atoms with van der Waals surface area (Å²) in [6, 6.07) is 21.0. The van der Waals surface area contributed by atoms with E-state index in [1.54, 1.807) is 12.4 Å². The molecule has 2 aromatic carbocycles. The standard InChI is InChI=1S/C33H34N4OS/c1-21-13-24(20-39-19-23-9-6-5-7-10-23)22(2)26(14-21)30-27(17-34)32(35)37(25-11-8-12-36-18-25)28-15-33(3,4)16-29(38)31(28)30/h5-14,18,30H,15-16,19-20,35H2,1-4H3. The first-order valence-corrected chi connectivity index (χ1v) is 14.4. The maximum atomic E-state index is 13.9. The third-order valence-electron chi connectivity index (χ3n) is 7.66. The number of rotatable bonds is 6. The Bertz CT molecular complexity index is 1520. The van der Waals surface area contributed by atoms with E-state index in [0.717, 1.165) is 39.6 Å². The lowest BCUT2D eigenvalue weighted by molar-refractivity contribution is -0.118. The number of carbonyl (C=O) groups excluding carboxylic acids is 1. The molecule has 1 aliphatic heterocycles. The zero-order valence-electron chi connectivity index (χ0n) is 23.0. The van der Waals surface area contributed by atoms with Crippen LogP contribution in [0.1, 0.15) is 60.4 Å². The molecule has 39 heavy (non-hydrogen) atoms. The Morgan fingerprint density at radius 3 is 2.56 bits per heavy atom. The molecule has 2 aliphatic rings. The number of aryl methyl sites for hydroxylation is 1. The van der Waals surface area contributed by atoms with Crippen molar-refractivity contribution in [1.29, 1.82) is 5.26 Å². The summed E-state index contributed by atoms with van der Waals surface area (Å²) < 4.78 is 0. The number of anilines is 1. The van der Waals surface area contributed by atoms with Crippen molar-refractivity contribution in [2.24, 2.45) is 11.1 Å².